The normalized spacial score (nSPS) is 26.2. The van der Waals surface area contributed by atoms with Gasteiger partial charge in [0.2, 0.25) is 0 Å². The summed E-state index contributed by atoms with van der Waals surface area (Å²) in [5.74, 6) is 0.628. The number of aliphatic hydroxyl groups is 1. The first kappa shape index (κ1) is 13.9. The van der Waals surface area contributed by atoms with Crippen LogP contribution in [0, 0.1) is 5.92 Å². The average molecular weight is 229 g/mol. The Bertz CT molecular complexity index is 192. The Labute approximate surface area is 99.6 Å². The van der Waals surface area contributed by atoms with Gasteiger partial charge in [-0.3, -0.25) is 0 Å². The molecule has 0 spiro atoms. The first-order valence-electron chi connectivity index (χ1n) is 6.70. The van der Waals surface area contributed by atoms with Crippen LogP contribution in [-0.4, -0.2) is 36.5 Å². The van der Waals surface area contributed by atoms with Crippen molar-refractivity contribution in [3.63, 3.8) is 0 Å². The fourth-order valence-corrected chi connectivity index (χ4v) is 2.37. The molecular formula is C13H27NO2. The van der Waals surface area contributed by atoms with Gasteiger partial charge in [0.25, 0.3) is 0 Å². The number of hydrogen-bond acceptors (Lipinski definition) is 3. The summed E-state index contributed by atoms with van der Waals surface area (Å²) in [4.78, 5) is 0. The van der Waals surface area contributed by atoms with Crippen LogP contribution >= 0.6 is 0 Å². The number of hydrogen-bond donors (Lipinski definition) is 2. The van der Waals surface area contributed by atoms with Gasteiger partial charge in [0.15, 0.2) is 0 Å². The minimum atomic E-state index is -0.527. The van der Waals surface area contributed by atoms with Gasteiger partial charge in [-0.15, -0.1) is 0 Å². The van der Waals surface area contributed by atoms with Crippen LogP contribution in [0.1, 0.15) is 46.5 Å². The van der Waals surface area contributed by atoms with E-state index >= 15 is 0 Å². The van der Waals surface area contributed by atoms with Gasteiger partial charge in [0.1, 0.15) is 0 Å². The van der Waals surface area contributed by atoms with E-state index in [0.717, 1.165) is 38.8 Å². The molecule has 1 aliphatic heterocycles. The van der Waals surface area contributed by atoms with Crippen LogP contribution in [0.3, 0.4) is 0 Å². The van der Waals surface area contributed by atoms with E-state index in [-0.39, 0.29) is 0 Å². The van der Waals surface area contributed by atoms with Gasteiger partial charge in [0.05, 0.1) is 11.7 Å². The third kappa shape index (κ3) is 3.72. The Balaban J connectivity index is 2.24. The van der Waals surface area contributed by atoms with E-state index in [9.17, 15) is 5.11 Å². The maximum atomic E-state index is 10.1. The standard InChI is InChI=1S/C13H27NO2/c1-4-12-11(7-8-16-12)9-14-10-13(15,5-2)6-3/h11-12,14-15H,4-10H2,1-3H3. The van der Waals surface area contributed by atoms with E-state index in [1.807, 2.05) is 13.8 Å². The van der Waals surface area contributed by atoms with Crippen LogP contribution in [0.25, 0.3) is 0 Å². The third-order valence-corrected chi connectivity index (χ3v) is 3.93. The van der Waals surface area contributed by atoms with Crippen molar-refractivity contribution in [3.8, 4) is 0 Å². The molecule has 1 aliphatic rings. The van der Waals surface area contributed by atoms with Crippen LogP contribution in [0.15, 0.2) is 0 Å². The molecule has 2 N–H and O–H groups in total. The summed E-state index contributed by atoms with van der Waals surface area (Å²) in [5, 5.41) is 13.5. The molecular weight excluding hydrogens is 202 g/mol. The highest BCUT2D eigenvalue weighted by Gasteiger charge is 2.27. The Morgan fingerprint density at radius 3 is 2.56 bits per heavy atom. The first-order valence-corrected chi connectivity index (χ1v) is 6.70. The molecule has 1 saturated heterocycles. The van der Waals surface area contributed by atoms with Gasteiger partial charge >= 0.3 is 0 Å². The second-order valence-electron chi connectivity index (χ2n) is 4.93. The Kier molecular flexibility index (Phi) is 5.73. The highest BCUT2D eigenvalue weighted by molar-refractivity contribution is 4.81. The molecule has 16 heavy (non-hydrogen) atoms. The second-order valence-corrected chi connectivity index (χ2v) is 4.93. The number of nitrogens with one attached hydrogen (secondary N) is 1. The predicted octanol–water partition coefficient (Wildman–Crippen LogP) is 1.94. The van der Waals surface area contributed by atoms with Gasteiger partial charge in [0, 0.05) is 19.7 Å². The molecule has 1 rings (SSSR count). The predicted molar refractivity (Wildman–Crippen MR) is 66.5 cm³/mol. The molecule has 0 aromatic carbocycles. The molecule has 0 aromatic heterocycles. The maximum Gasteiger partial charge on any atom is 0.0766 e. The minimum Gasteiger partial charge on any atom is -0.389 e. The lowest BCUT2D eigenvalue weighted by Crippen LogP contribution is -2.42. The molecule has 0 bridgehead atoms. The fraction of sp³-hybridized carbons (Fsp3) is 1.00. The Hall–Kier alpha value is -0.120. The molecule has 3 heteroatoms. The molecule has 3 nitrogen and oxygen atoms in total. The van der Waals surface area contributed by atoms with E-state index in [1.54, 1.807) is 0 Å². The summed E-state index contributed by atoms with van der Waals surface area (Å²) in [6, 6.07) is 0. The number of ether oxygens (including phenoxy) is 1. The highest BCUT2D eigenvalue weighted by Crippen LogP contribution is 2.22. The van der Waals surface area contributed by atoms with Crippen LogP contribution in [0.5, 0.6) is 0 Å². The van der Waals surface area contributed by atoms with Gasteiger partial charge in [-0.05, 0) is 31.6 Å². The molecule has 1 fully saturated rings. The highest BCUT2D eigenvalue weighted by atomic mass is 16.5. The van der Waals surface area contributed by atoms with Gasteiger partial charge in [-0.25, -0.2) is 0 Å². The summed E-state index contributed by atoms with van der Waals surface area (Å²) in [7, 11) is 0. The van der Waals surface area contributed by atoms with E-state index in [1.165, 1.54) is 0 Å². The van der Waals surface area contributed by atoms with Crippen molar-refractivity contribution in [3.05, 3.63) is 0 Å². The molecule has 0 saturated carbocycles. The summed E-state index contributed by atoms with van der Waals surface area (Å²) < 4.78 is 5.65. The number of rotatable bonds is 7. The smallest absolute Gasteiger partial charge is 0.0766 e. The summed E-state index contributed by atoms with van der Waals surface area (Å²) in [5.41, 5.74) is -0.527. The summed E-state index contributed by atoms with van der Waals surface area (Å²) in [6.07, 6.45) is 4.30. The quantitative estimate of drug-likeness (QED) is 0.701. The minimum absolute atomic E-state index is 0.420. The molecule has 0 radical (unpaired) electrons. The van der Waals surface area contributed by atoms with Crippen molar-refractivity contribution >= 4 is 0 Å². The largest absolute Gasteiger partial charge is 0.389 e. The molecule has 2 unspecified atom stereocenters. The summed E-state index contributed by atoms with van der Waals surface area (Å²) >= 11 is 0. The van der Waals surface area contributed by atoms with Crippen molar-refractivity contribution in [1.82, 2.24) is 5.32 Å². The lowest BCUT2D eigenvalue weighted by molar-refractivity contribution is 0.0298. The molecule has 2 atom stereocenters. The van der Waals surface area contributed by atoms with Crippen molar-refractivity contribution in [2.24, 2.45) is 5.92 Å². The van der Waals surface area contributed by atoms with Gasteiger partial charge in [-0.2, -0.15) is 0 Å². The van der Waals surface area contributed by atoms with Crippen LogP contribution in [0.4, 0.5) is 0 Å². The van der Waals surface area contributed by atoms with Crippen molar-refractivity contribution in [2.45, 2.75) is 58.2 Å². The maximum absolute atomic E-state index is 10.1. The van der Waals surface area contributed by atoms with Gasteiger partial charge in [-0.1, -0.05) is 20.8 Å². The van der Waals surface area contributed by atoms with Gasteiger partial charge < -0.3 is 15.2 Å². The summed E-state index contributed by atoms with van der Waals surface area (Å²) in [6.45, 7) is 8.83. The van der Waals surface area contributed by atoms with Crippen LogP contribution in [0.2, 0.25) is 0 Å². The lowest BCUT2D eigenvalue weighted by Gasteiger charge is -2.27. The Morgan fingerprint density at radius 2 is 2.00 bits per heavy atom. The SMILES string of the molecule is CCC1OCCC1CNCC(O)(CC)CC. The van der Waals surface area contributed by atoms with Crippen LogP contribution < -0.4 is 5.32 Å². The monoisotopic (exact) mass is 229 g/mol. The van der Waals surface area contributed by atoms with E-state index in [2.05, 4.69) is 12.2 Å². The van der Waals surface area contributed by atoms with Crippen molar-refractivity contribution < 1.29 is 9.84 Å². The van der Waals surface area contributed by atoms with E-state index in [4.69, 9.17) is 4.74 Å². The van der Waals surface area contributed by atoms with Crippen molar-refractivity contribution in [2.75, 3.05) is 19.7 Å². The molecule has 0 amide bonds. The first-order chi connectivity index (χ1) is 7.65. The third-order valence-electron chi connectivity index (χ3n) is 3.93. The zero-order valence-electron chi connectivity index (χ0n) is 11.0. The van der Waals surface area contributed by atoms with E-state index in [0.29, 0.717) is 18.6 Å². The topological polar surface area (TPSA) is 41.5 Å². The lowest BCUT2D eigenvalue weighted by atomic mass is 9.96. The molecule has 96 valence electrons. The van der Waals surface area contributed by atoms with Crippen molar-refractivity contribution in [1.29, 1.82) is 0 Å². The molecule has 1 heterocycles. The molecule has 0 aromatic rings. The Morgan fingerprint density at radius 1 is 1.31 bits per heavy atom. The average Bonchev–Trinajstić information content (AvgIpc) is 2.76. The second kappa shape index (κ2) is 6.58. The van der Waals surface area contributed by atoms with E-state index < -0.39 is 5.60 Å². The van der Waals surface area contributed by atoms with Crippen LogP contribution in [-0.2, 0) is 4.74 Å². The fourth-order valence-electron chi connectivity index (χ4n) is 2.37. The zero-order chi connectivity index (χ0) is 12.0. The molecule has 0 aliphatic carbocycles. The zero-order valence-corrected chi connectivity index (χ0v) is 11.0.